The van der Waals surface area contributed by atoms with Crippen LogP contribution in [0.25, 0.3) is 0 Å². The predicted octanol–water partition coefficient (Wildman–Crippen LogP) is 5.10. The topological polar surface area (TPSA) is 52.7 Å². The molecule has 1 atom stereocenters. The third kappa shape index (κ3) is 5.31. The van der Waals surface area contributed by atoms with Gasteiger partial charge in [-0.25, -0.2) is 13.1 Å². The average molecular weight is 498 g/mol. The van der Waals surface area contributed by atoms with Crippen LogP contribution < -0.4 is 9.62 Å². The second kappa shape index (κ2) is 10.1. The van der Waals surface area contributed by atoms with Gasteiger partial charge in [-0.2, -0.15) is 0 Å². The predicted molar refractivity (Wildman–Crippen MR) is 140 cm³/mol. The molecule has 4 rings (SSSR count). The summed E-state index contributed by atoms with van der Waals surface area (Å²) in [6, 6.07) is 20.1. The lowest BCUT2D eigenvalue weighted by Gasteiger charge is -2.36. The second-order valence-electron chi connectivity index (χ2n) is 9.21. The van der Waals surface area contributed by atoms with Crippen molar-refractivity contribution in [2.45, 2.75) is 37.8 Å². The summed E-state index contributed by atoms with van der Waals surface area (Å²) in [4.78, 5) is 4.71. The molecule has 0 aliphatic carbocycles. The summed E-state index contributed by atoms with van der Waals surface area (Å²) in [5.74, 6) is 0. The van der Waals surface area contributed by atoms with Crippen LogP contribution in [0.3, 0.4) is 0 Å². The number of halogens is 1. The number of hydrogen-bond donors (Lipinski definition) is 1. The minimum Gasteiger partial charge on any atom is -0.378 e. The molecule has 5 nitrogen and oxygen atoms in total. The van der Waals surface area contributed by atoms with E-state index in [1.807, 2.05) is 21.0 Å². The van der Waals surface area contributed by atoms with Gasteiger partial charge in [0, 0.05) is 50.5 Å². The van der Waals surface area contributed by atoms with Crippen molar-refractivity contribution in [1.82, 2.24) is 9.62 Å². The first kappa shape index (κ1) is 24.7. The van der Waals surface area contributed by atoms with E-state index in [1.165, 1.54) is 11.1 Å². The van der Waals surface area contributed by atoms with Gasteiger partial charge in [-0.1, -0.05) is 48.0 Å². The number of nitrogens with zero attached hydrogens (tertiary/aromatic N) is 2. The zero-order chi connectivity index (χ0) is 24.5. The van der Waals surface area contributed by atoms with Gasteiger partial charge in [-0.15, -0.1) is 0 Å². The molecular formula is C27H32ClN3O2S. The molecule has 7 heteroatoms. The Morgan fingerprint density at radius 1 is 1.00 bits per heavy atom. The standard InChI is InChI=1S/C27H32ClN3O2S/c1-19-16-27(20(2)15-25(19)28)34(32,33)29-17-26(22-9-11-24(12-10-22)30(3)4)31-14-13-21-7-5-6-8-23(21)18-31/h5-12,15-16,26,29H,13-14,17-18H2,1-4H3. The van der Waals surface area contributed by atoms with E-state index in [0.29, 0.717) is 10.6 Å². The molecule has 0 aromatic heterocycles. The Hall–Kier alpha value is -2.38. The minimum absolute atomic E-state index is 0.0898. The molecule has 3 aromatic carbocycles. The Morgan fingerprint density at radius 3 is 2.35 bits per heavy atom. The van der Waals surface area contributed by atoms with E-state index in [0.717, 1.165) is 36.3 Å². The number of hydrogen-bond acceptors (Lipinski definition) is 4. The summed E-state index contributed by atoms with van der Waals surface area (Å²) >= 11 is 6.20. The normalized spacial score (nSPS) is 15.1. The number of fused-ring (bicyclic) bond motifs is 1. The second-order valence-corrected chi connectivity index (χ2v) is 11.4. The SMILES string of the molecule is Cc1cc(S(=O)(=O)NCC(c2ccc(N(C)C)cc2)N2CCc3ccccc3C2)c(C)cc1Cl. The maximum Gasteiger partial charge on any atom is 0.240 e. The van der Waals surface area contributed by atoms with Crippen molar-refractivity contribution in [2.75, 3.05) is 32.1 Å². The summed E-state index contributed by atoms with van der Waals surface area (Å²) in [5, 5.41) is 0.572. The van der Waals surface area contributed by atoms with Crippen LogP contribution in [0.2, 0.25) is 5.02 Å². The van der Waals surface area contributed by atoms with Crippen LogP contribution in [0.4, 0.5) is 5.69 Å². The van der Waals surface area contributed by atoms with Gasteiger partial charge in [0.15, 0.2) is 0 Å². The largest absolute Gasteiger partial charge is 0.378 e. The van der Waals surface area contributed by atoms with Crippen LogP contribution >= 0.6 is 11.6 Å². The molecule has 0 spiro atoms. The van der Waals surface area contributed by atoms with Crippen LogP contribution in [0.1, 0.15) is 33.9 Å². The third-order valence-electron chi connectivity index (χ3n) is 6.61. The lowest BCUT2D eigenvalue weighted by Crippen LogP contribution is -2.40. The van der Waals surface area contributed by atoms with E-state index in [4.69, 9.17) is 11.6 Å². The highest BCUT2D eigenvalue weighted by molar-refractivity contribution is 7.89. The first-order valence-corrected chi connectivity index (χ1v) is 13.4. The number of nitrogens with one attached hydrogen (secondary N) is 1. The number of benzene rings is 3. The highest BCUT2D eigenvalue weighted by Gasteiger charge is 2.27. The molecule has 0 saturated carbocycles. The van der Waals surface area contributed by atoms with Crippen molar-refractivity contribution >= 4 is 27.3 Å². The van der Waals surface area contributed by atoms with Gasteiger partial charge in [0.25, 0.3) is 0 Å². The van der Waals surface area contributed by atoms with Gasteiger partial charge >= 0.3 is 0 Å². The highest BCUT2D eigenvalue weighted by atomic mass is 35.5. The van der Waals surface area contributed by atoms with Crippen molar-refractivity contribution < 1.29 is 8.42 Å². The van der Waals surface area contributed by atoms with Crippen LogP contribution in [0.15, 0.2) is 65.6 Å². The number of anilines is 1. The maximum absolute atomic E-state index is 13.3. The molecule has 0 fully saturated rings. The van der Waals surface area contributed by atoms with E-state index in [-0.39, 0.29) is 17.5 Å². The molecule has 1 unspecified atom stereocenters. The Labute approximate surface area is 208 Å². The van der Waals surface area contributed by atoms with E-state index in [9.17, 15) is 8.42 Å². The summed E-state index contributed by atoms with van der Waals surface area (Å²) in [7, 11) is 0.327. The van der Waals surface area contributed by atoms with Crippen molar-refractivity contribution in [1.29, 1.82) is 0 Å². The van der Waals surface area contributed by atoms with Gasteiger partial charge in [0.1, 0.15) is 0 Å². The molecule has 180 valence electrons. The Balaban J connectivity index is 1.63. The zero-order valence-electron chi connectivity index (χ0n) is 20.2. The molecular weight excluding hydrogens is 466 g/mol. The van der Waals surface area contributed by atoms with Crippen LogP contribution in [0.5, 0.6) is 0 Å². The molecule has 0 bridgehead atoms. The van der Waals surface area contributed by atoms with E-state index in [2.05, 4.69) is 63.1 Å². The first-order valence-electron chi connectivity index (χ1n) is 11.5. The Bertz CT molecular complexity index is 1270. The van der Waals surface area contributed by atoms with Gasteiger partial charge < -0.3 is 4.90 Å². The van der Waals surface area contributed by atoms with Crippen molar-refractivity contribution in [3.05, 3.63) is 93.5 Å². The molecule has 1 heterocycles. The van der Waals surface area contributed by atoms with Crippen LogP contribution in [0, 0.1) is 13.8 Å². The van der Waals surface area contributed by atoms with Gasteiger partial charge in [0.05, 0.1) is 4.90 Å². The quantitative estimate of drug-likeness (QED) is 0.493. The number of rotatable bonds is 7. The van der Waals surface area contributed by atoms with E-state index in [1.54, 1.807) is 19.1 Å². The maximum atomic E-state index is 13.3. The fourth-order valence-corrected chi connectivity index (χ4v) is 6.11. The third-order valence-corrected chi connectivity index (χ3v) is 8.58. The number of sulfonamides is 1. The molecule has 34 heavy (non-hydrogen) atoms. The van der Waals surface area contributed by atoms with Crippen LogP contribution in [-0.2, 0) is 23.0 Å². The first-order chi connectivity index (χ1) is 16.2. The van der Waals surface area contributed by atoms with Gasteiger partial charge in [0.2, 0.25) is 10.0 Å². The zero-order valence-corrected chi connectivity index (χ0v) is 21.7. The van der Waals surface area contributed by atoms with Crippen molar-refractivity contribution in [2.24, 2.45) is 0 Å². The van der Waals surface area contributed by atoms with Gasteiger partial charge in [-0.3, -0.25) is 4.90 Å². The van der Waals surface area contributed by atoms with Crippen molar-refractivity contribution in [3.8, 4) is 0 Å². The lowest BCUT2D eigenvalue weighted by atomic mass is 9.96. The molecule has 3 aromatic rings. The fraction of sp³-hybridized carbons (Fsp3) is 0.333. The number of aryl methyl sites for hydroxylation is 2. The molecule has 1 N–H and O–H groups in total. The molecule has 0 amide bonds. The summed E-state index contributed by atoms with van der Waals surface area (Å²) in [6.45, 7) is 5.54. The Kier molecular flexibility index (Phi) is 7.33. The summed E-state index contributed by atoms with van der Waals surface area (Å²) in [6.07, 6.45) is 0.949. The van der Waals surface area contributed by atoms with Gasteiger partial charge in [-0.05, 0) is 72.4 Å². The van der Waals surface area contributed by atoms with E-state index >= 15 is 0 Å². The van der Waals surface area contributed by atoms with E-state index < -0.39 is 10.0 Å². The van der Waals surface area contributed by atoms with Crippen LogP contribution in [-0.4, -0.2) is 40.5 Å². The molecule has 1 aliphatic rings. The average Bonchev–Trinajstić information content (AvgIpc) is 2.81. The summed E-state index contributed by atoms with van der Waals surface area (Å²) < 4.78 is 29.5. The minimum atomic E-state index is -3.70. The monoisotopic (exact) mass is 497 g/mol. The molecule has 0 radical (unpaired) electrons. The van der Waals surface area contributed by atoms with Crippen molar-refractivity contribution in [3.63, 3.8) is 0 Å². The highest BCUT2D eigenvalue weighted by Crippen LogP contribution is 2.30. The Morgan fingerprint density at radius 2 is 1.68 bits per heavy atom. The molecule has 0 saturated heterocycles. The lowest BCUT2D eigenvalue weighted by molar-refractivity contribution is 0.180. The smallest absolute Gasteiger partial charge is 0.240 e. The fourth-order valence-electron chi connectivity index (χ4n) is 4.55. The summed E-state index contributed by atoms with van der Waals surface area (Å²) in [5.41, 5.74) is 6.26. The molecule has 1 aliphatic heterocycles.